The highest BCUT2D eigenvalue weighted by Gasteiger charge is 2.24. The molecule has 0 spiro atoms. The molecule has 1 fully saturated rings. The van der Waals surface area contributed by atoms with E-state index in [2.05, 4.69) is 11.8 Å². The number of benzene rings is 1. The summed E-state index contributed by atoms with van der Waals surface area (Å²) in [6.07, 6.45) is 1.57. The van der Waals surface area contributed by atoms with Gasteiger partial charge in [0.1, 0.15) is 12.0 Å². The molecule has 0 amide bonds. The largest absolute Gasteiger partial charge is 0.496 e. The second-order valence-electron chi connectivity index (χ2n) is 5.26. The van der Waals surface area contributed by atoms with E-state index in [0.717, 1.165) is 30.6 Å². The van der Waals surface area contributed by atoms with Gasteiger partial charge in [-0.15, -0.1) is 0 Å². The molecular formula is C15H21NO3. The minimum absolute atomic E-state index is 0.269. The van der Waals surface area contributed by atoms with Gasteiger partial charge in [-0.1, -0.05) is 6.92 Å². The highest BCUT2D eigenvalue weighted by atomic mass is 16.5. The van der Waals surface area contributed by atoms with E-state index >= 15 is 0 Å². The summed E-state index contributed by atoms with van der Waals surface area (Å²) in [7, 11) is 1.63. The number of nitrogens with zero attached hydrogens (tertiary/aromatic N) is 1. The molecule has 0 radical (unpaired) electrons. The number of aliphatic hydroxyl groups excluding tert-OH is 1. The number of hydrogen-bond donors (Lipinski definition) is 1. The number of methoxy groups -OCH3 is 1. The molecule has 0 bridgehead atoms. The lowest BCUT2D eigenvalue weighted by atomic mass is 9.95. The van der Waals surface area contributed by atoms with Gasteiger partial charge in [-0.05, 0) is 37.1 Å². The number of aldehydes is 1. The molecule has 1 aliphatic rings. The zero-order valence-corrected chi connectivity index (χ0v) is 11.5. The van der Waals surface area contributed by atoms with Crippen molar-refractivity contribution in [2.75, 3.05) is 20.2 Å². The standard InChI is InChI=1S/C15H21NO3/c1-11-5-6-16(9-14(11)18)8-13-7-12(10-17)3-4-15(13)19-2/h3-4,7,10-11,14,18H,5-6,8-9H2,1-2H3. The number of ether oxygens (including phenoxy) is 1. The smallest absolute Gasteiger partial charge is 0.150 e. The van der Waals surface area contributed by atoms with Crippen LogP contribution in [0.15, 0.2) is 18.2 Å². The lowest BCUT2D eigenvalue weighted by molar-refractivity contribution is 0.0256. The van der Waals surface area contributed by atoms with Crippen molar-refractivity contribution in [3.05, 3.63) is 29.3 Å². The van der Waals surface area contributed by atoms with E-state index in [1.54, 1.807) is 13.2 Å². The number of β-amino-alcohol motifs (C(OH)–C–C–N with tert-alkyl or cyclic N) is 1. The van der Waals surface area contributed by atoms with E-state index < -0.39 is 0 Å². The number of hydrogen-bond acceptors (Lipinski definition) is 4. The second kappa shape index (κ2) is 6.17. The number of carbonyl (C=O) groups excluding carboxylic acids is 1. The molecule has 1 saturated heterocycles. The van der Waals surface area contributed by atoms with Gasteiger partial charge in [-0.25, -0.2) is 0 Å². The molecule has 19 heavy (non-hydrogen) atoms. The van der Waals surface area contributed by atoms with Crippen LogP contribution in [0.1, 0.15) is 29.3 Å². The first kappa shape index (κ1) is 14.0. The Hall–Kier alpha value is -1.39. The fraction of sp³-hybridized carbons (Fsp3) is 0.533. The van der Waals surface area contributed by atoms with E-state index in [9.17, 15) is 9.90 Å². The van der Waals surface area contributed by atoms with Crippen LogP contribution in [-0.4, -0.2) is 42.6 Å². The van der Waals surface area contributed by atoms with Crippen molar-refractivity contribution in [1.82, 2.24) is 4.90 Å². The zero-order valence-electron chi connectivity index (χ0n) is 11.5. The van der Waals surface area contributed by atoms with Crippen LogP contribution in [0.2, 0.25) is 0 Å². The third-order valence-electron chi connectivity index (χ3n) is 3.84. The Labute approximate surface area is 114 Å². The molecule has 1 N–H and O–H groups in total. The quantitative estimate of drug-likeness (QED) is 0.840. The van der Waals surface area contributed by atoms with E-state index in [1.807, 2.05) is 12.1 Å². The Kier molecular flexibility index (Phi) is 4.56. The number of piperidine rings is 1. The molecule has 2 rings (SSSR count). The van der Waals surface area contributed by atoms with E-state index in [-0.39, 0.29) is 6.10 Å². The monoisotopic (exact) mass is 263 g/mol. The van der Waals surface area contributed by atoms with Crippen molar-refractivity contribution in [3.8, 4) is 5.75 Å². The molecule has 4 nitrogen and oxygen atoms in total. The number of likely N-dealkylation sites (tertiary alicyclic amines) is 1. The zero-order chi connectivity index (χ0) is 13.8. The van der Waals surface area contributed by atoms with Gasteiger partial charge in [-0.2, -0.15) is 0 Å². The van der Waals surface area contributed by atoms with Gasteiger partial charge in [0.15, 0.2) is 0 Å². The summed E-state index contributed by atoms with van der Waals surface area (Å²) >= 11 is 0. The van der Waals surface area contributed by atoms with Crippen LogP contribution in [0.25, 0.3) is 0 Å². The maximum absolute atomic E-state index is 10.9. The molecule has 4 heteroatoms. The predicted octanol–water partition coefficient (Wildman–Crippen LogP) is 1.71. The number of rotatable bonds is 4. The summed E-state index contributed by atoms with van der Waals surface area (Å²) < 4.78 is 5.33. The van der Waals surface area contributed by atoms with E-state index in [1.165, 1.54) is 0 Å². The summed E-state index contributed by atoms with van der Waals surface area (Å²) in [4.78, 5) is 13.1. The average molecular weight is 263 g/mol. The van der Waals surface area contributed by atoms with Gasteiger partial charge >= 0.3 is 0 Å². The first-order chi connectivity index (χ1) is 9.13. The number of carbonyl (C=O) groups is 1. The first-order valence-electron chi connectivity index (χ1n) is 6.66. The molecule has 0 aliphatic carbocycles. The van der Waals surface area contributed by atoms with E-state index in [0.29, 0.717) is 24.6 Å². The third-order valence-corrected chi connectivity index (χ3v) is 3.84. The van der Waals surface area contributed by atoms with Crippen LogP contribution in [0.3, 0.4) is 0 Å². The van der Waals surface area contributed by atoms with Gasteiger partial charge in [-0.3, -0.25) is 9.69 Å². The maximum atomic E-state index is 10.9. The minimum atomic E-state index is -0.269. The Morgan fingerprint density at radius 2 is 2.32 bits per heavy atom. The van der Waals surface area contributed by atoms with E-state index in [4.69, 9.17) is 4.74 Å². The van der Waals surface area contributed by atoms with Crippen LogP contribution >= 0.6 is 0 Å². The summed E-state index contributed by atoms with van der Waals surface area (Å²) in [6, 6.07) is 5.43. The van der Waals surface area contributed by atoms with Gasteiger partial charge < -0.3 is 9.84 Å². The summed E-state index contributed by atoms with van der Waals surface area (Å²) in [5, 5.41) is 9.92. The van der Waals surface area contributed by atoms with Crippen LogP contribution in [0.5, 0.6) is 5.75 Å². The first-order valence-corrected chi connectivity index (χ1v) is 6.66. The van der Waals surface area contributed by atoms with Crippen LogP contribution in [0, 0.1) is 5.92 Å². The van der Waals surface area contributed by atoms with Crippen molar-refractivity contribution < 1.29 is 14.6 Å². The van der Waals surface area contributed by atoms with Crippen molar-refractivity contribution in [3.63, 3.8) is 0 Å². The van der Waals surface area contributed by atoms with Crippen LogP contribution in [0.4, 0.5) is 0 Å². The summed E-state index contributed by atoms with van der Waals surface area (Å²) in [5.41, 5.74) is 1.65. The SMILES string of the molecule is COc1ccc(C=O)cc1CN1CCC(C)C(O)C1. The highest BCUT2D eigenvalue weighted by Crippen LogP contribution is 2.24. The summed E-state index contributed by atoms with van der Waals surface area (Å²) in [5.74, 6) is 1.15. The molecule has 2 atom stereocenters. The molecule has 1 aliphatic heterocycles. The minimum Gasteiger partial charge on any atom is -0.496 e. The Morgan fingerprint density at radius 1 is 1.53 bits per heavy atom. The van der Waals surface area contributed by atoms with Gasteiger partial charge in [0.2, 0.25) is 0 Å². The average Bonchev–Trinajstić information content (AvgIpc) is 2.43. The van der Waals surface area contributed by atoms with Gasteiger partial charge in [0.25, 0.3) is 0 Å². The fourth-order valence-electron chi connectivity index (χ4n) is 2.49. The molecule has 0 saturated carbocycles. The molecule has 2 unspecified atom stereocenters. The molecular weight excluding hydrogens is 242 g/mol. The summed E-state index contributed by atoms with van der Waals surface area (Å²) in [6.45, 7) is 4.42. The van der Waals surface area contributed by atoms with Gasteiger partial charge in [0, 0.05) is 24.2 Å². The molecule has 104 valence electrons. The second-order valence-corrected chi connectivity index (χ2v) is 5.26. The molecule has 1 heterocycles. The molecule has 1 aromatic rings. The van der Waals surface area contributed by atoms with Crippen LogP contribution in [-0.2, 0) is 6.54 Å². The molecule has 0 aromatic heterocycles. The Balaban J connectivity index is 2.11. The van der Waals surface area contributed by atoms with Crippen molar-refractivity contribution >= 4 is 6.29 Å². The van der Waals surface area contributed by atoms with Crippen LogP contribution < -0.4 is 4.74 Å². The predicted molar refractivity (Wildman–Crippen MR) is 73.4 cm³/mol. The van der Waals surface area contributed by atoms with Gasteiger partial charge in [0.05, 0.1) is 13.2 Å². The van der Waals surface area contributed by atoms with Crippen molar-refractivity contribution in [2.24, 2.45) is 5.92 Å². The maximum Gasteiger partial charge on any atom is 0.150 e. The van der Waals surface area contributed by atoms with Crippen molar-refractivity contribution in [1.29, 1.82) is 0 Å². The van der Waals surface area contributed by atoms with Crippen molar-refractivity contribution in [2.45, 2.75) is 26.0 Å². The lowest BCUT2D eigenvalue weighted by Gasteiger charge is -2.34. The highest BCUT2D eigenvalue weighted by molar-refractivity contribution is 5.75. The number of aliphatic hydroxyl groups is 1. The topological polar surface area (TPSA) is 49.8 Å². The third kappa shape index (κ3) is 3.33. The molecule has 1 aromatic carbocycles. The Morgan fingerprint density at radius 3 is 2.95 bits per heavy atom. The fourth-order valence-corrected chi connectivity index (χ4v) is 2.49. The Bertz CT molecular complexity index is 447. The lowest BCUT2D eigenvalue weighted by Crippen LogP contribution is -2.42. The normalized spacial score (nSPS) is 24.2.